The molecule has 1 N–H and O–H groups in total. The standard InChI is InChI=1S/C16H20N2O3/c1-18(9-11-21-12-13-6-7-13)16(20)15-14(5-3-10-19)4-2-8-17-15/h2,4,8,13,19H,6-7,9-12H2,1H3. The average molecular weight is 288 g/mol. The Labute approximate surface area is 124 Å². The normalized spacial score (nSPS) is 13.4. The van der Waals surface area contributed by atoms with Gasteiger partial charge in [-0.15, -0.1) is 0 Å². The second-order valence-electron chi connectivity index (χ2n) is 5.10. The Hall–Kier alpha value is -1.90. The van der Waals surface area contributed by atoms with Crippen molar-refractivity contribution < 1.29 is 14.6 Å². The molecule has 1 saturated carbocycles. The Kier molecular flexibility index (Phi) is 5.73. The number of carbonyl (C=O) groups excluding carboxylic acids is 1. The molecule has 1 aliphatic rings. The fourth-order valence-electron chi connectivity index (χ4n) is 1.83. The summed E-state index contributed by atoms with van der Waals surface area (Å²) in [7, 11) is 1.72. The van der Waals surface area contributed by atoms with Crippen LogP contribution in [0.2, 0.25) is 0 Å². The van der Waals surface area contributed by atoms with Crippen LogP contribution in [0.15, 0.2) is 18.3 Å². The molecule has 0 radical (unpaired) electrons. The summed E-state index contributed by atoms with van der Waals surface area (Å²) in [5.74, 6) is 5.83. The van der Waals surface area contributed by atoms with Gasteiger partial charge >= 0.3 is 0 Å². The molecule has 112 valence electrons. The van der Waals surface area contributed by atoms with Gasteiger partial charge in [-0.25, -0.2) is 4.98 Å². The number of aromatic nitrogens is 1. The molecule has 0 aromatic carbocycles. The summed E-state index contributed by atoms with van der Waals surface area (Å²) < 4.78 is 5.53. The van der Waals surface area contributed by atoms with E-state index in [0.717, 1.165) is 12.5 Å². The van der Waals surface area contributed by atoms with Gasteiger partial charge in [-0.3, -0.25) is 4.79 Å². The molecule has 1 aromatic rings. The lowest BCUT2D eigenvalue weighted by atomic mass is 10.2. The van der Waals surface area contributed by atoms with Crippen LogP contribution in [0.1, 0.15) is 28.9 Å². The van der Waals surface area contributed by atoms with Crippen molar-refractivity contribution in [3.63, 3.8) is 0 Å². The Morgan fingerprint density at radius 2 is 2.38 bits per heavy atom. The van der Waals surface area contributed by atoms with E-state index in [2.05, 4.69) is 16.8 Å². The zero-order valence-corrected chi connectivity index (χ0v) is 12.2. The molecule has 2 rings (SSSR count). The SMILES string of the molecule is CN(CCOCC1CC1)C(=O)c1ncccc1C#CCO. The number of ether oxygens (including phenoxy) is 1. The second kappa shape index (κ2) is 7.77. The molecule has 1 aliphatic carbocycles. The molecule has 0 unspecified atom stereocenters. The van der Waals surface area contributed by atoms with Crippen LogP contribution >= 0.6 is 0 Å². The third kappa shape index (κ3) is 4.85. The van der Waals surface area contributed by atoms with E-state index in [-0.39, 0.29) is 12.5 Å². The molecule has 0 bridgehead atoms. The van der Waals surface area contributed by atoms with Crippen molar-refractivity contribution in [3.05, 3.63) is 29.6 Å². The van der Waals surface area contributed by atoms with Gasteiger partial charge in [0.25, 0.3) is 5.91 Å². The minimum absolute atomic E-state index is 0.187. The van der Waals surface area contributed by atoms with Gasteiger partial charge in [-0.2, -0.15) is 0 Å². The monoisotopic (exact) mass is 288 g/mol. The topological polar surface area (TPSA) is 62.7 Å². The smallest absolute Gasteiger partial charge is 0.273 e. The Balaban J connectivity index is 1.91. The van der Waals surface area contributed by atoms with Gasteiger partial charge in [0.2, 0.25) is 0 Å². The number of likely N-dealkylation sites (N-methyl/N-ethyl adjacent to an activating group) is 1. The van der Waals surface area contributed by atoms with Crippen LogP contribution in [0, 0.1) is 17.8 Å². The van der Waals surface area contributed by atoms with Gasteiger partial charge in [0.1, 0.15) is 12.3 Å². The summed E-state index contributed by atoms with van der Waals surface area (Å²) in [5.41, 5.74) is 0.838. The molecule has 1 amide bonds. The number of aliphatic hydroxyl groups is 1. The van der Waals surface area contributed by atoms with Crippen molar-refractivity contribution in [2.75, 3.05) is 33.4 Å². The molecule has 1 fully saturated rings. The van der Waals surface area contributed by atoms with E-state index < -0.39 is 0 Å². The number of rotatable bonds is 6. The maximum absolute atomic E-state index is 12.3. The van der Waals surface area contributed by atoms with Crippen molar-refractivity contribution >= 4 is 5.91 Å². The first-order chi connectivity index (χ1) is 10.2. The molecular formula is C16H20N2O3. The highest BCUT2D eigenvalue weighted by molar-refractivity contribution is 5.94. The first-order valence-corrected chi connectivity index (χ1v) is 7.10. The molecule has 0 atom stereocenters. The highest BCUT2D eigenvalue weighted by Gasteiger charge is 2.21. The van der Waals surface area contributed by atoms with E-state index in [1.807, 2.05) is 0 Å². The molecule has 0 saturated heterocycles. The van der Waals surface area contributed by atoms with Crippen molar-refractivity contribution in [1.29, 1.82) is 0 Å². The highest BCUT2D eigenvalue weighted by atomic mass is 16.5. The van der Waals surface area contributed by atoms with E-state index in [1.54, 1.807) is 30.3 Å². The molecule has 0 spiro atoms. The fraction of sp³-hybridized carbons (Fsp3) is 0.500. The van der Waals surface area contributed by atoms with Gasteiger partial charge in [0.05, 0.1) is 12.2 Å². The third-order valence-electron chi connectivity index (χ3n) is 3.28. The second-order valence-corrected chi connectivity index (χ2v) is 5.10. The Bertz CT molecular complexity index is 544. The van der Waals surface area contributed by atoms with Crippen LogP contribution in [0.5, 0.6) is 0 Å². The largest absolute Gasteiger partial charge is 0.384 e. The van der Waals surface area contributed by atoms with E-state index in [1.165, 1.54) is 12.8 Å². The predicted molar refractivity (Wildman–Crippen MR) is 78.7 cm³/mol. The lowest BCUT2D eigenvalue weighted by molar-refractivity contribution is 0.0676. The van der Waals surface area contributed by atoms with E-state index in [9.17, 15) is 4.79 Å². The maximum Gasteiger partial charge on any atom is 0.273 e. The number of carbonyl (C=O) groups is 1. The van der Waals surface area contributed by atoms with Crippen LogP contribution in [-0.4, -0.2) is 54.3 Å². The quantitative estimate of drug-likeness (QED) is 0.624. The molecule has 21 heavy (non-hydrogen) atoms. The zero-order valence-electron chi connectivity index (χ0n) is 12.2. The lowest BCUT2D eigenvalue weighted by Gasteiger charge is -2.17. The van der Waals surface area contributed by atoms with E-state index >= 15 is 0 Å². The highest BCUT2D eigenvalue weighted by Crippen LogP contribution is 2.28. The van der Waals surface area contributed by atoms with Crippen LogP contribution in [0.3, 0.4) is 0 Å². The fourth-order valence-corrected chi connectivity index (χ4v) is 1.83. The van der Waals surface area contributed by atoms with Gasteiger partial charge in [0, 0.05) is 26.4 Å². The number of amides is 1. The van der Waals surface area contributed by atoms with Crippen molar-refractivity contribution in [3.8, 4) is 11.8 Å². The van der Waals surface area contributed by atoms with Gasteiger partial charge in [-0.1, -0.05) is 11.8 Å². The summed E-state index contributed by atoms with van der Waals surface area (Å²) in [6.07, 6.45) is 4.08. The van der Waals surface area contributed by atoms with Crippen LogP contribution in [0.4, 0.5) is 0 Å². The minimum Gasteiger partial charge on any atom is -0.384 e. The molecule has 5 nitrogen and oxygen atoms in total. The number of nitrogens with zero attached hydrogens (tertiary/aromatic N) is 2. The molecular weight excluding hydrogens is 268 g/mol. The Morgan fingerprint density at radius 3 is 3.10 bits per heavy atom. The summed E-state index contributed by atoms with van der Waals surface area (Å²) in [6.45, 7) is 1.60. The van der Waals surface area contributed by atoms with Crippen LogP contribution in [-0.2, 0) is 4.74 Å². The number of aliphatic hydroxyl groups excluding tert-OH is 1. The van der Waals surface area contributed by atoms with E-state index in [4.69, 9.17) is 9.84 Å². The Morgan fingerprint density at radius 1 is 1.57 bits per heavy atom. The maximum atomic E-state index is 12.3. The van der Waals surface area contributed by atoms with Crippen molar-refractivity contribution in [2.45, 2.75) is 12.8 Å². The zero-order chi connectivity index (χ0) is 15.1. The average Bonchev–Trinajstić information content (AvgIpc) is 3.33. The predicted octanol–water partition coefficient (Wildman–Crippen LogP) is 0.924. The summed E-state index contributed by atoms with van der Waals surface area (Å²) >= 11 is 0. The lowest BCUT2D eigenvalue weighted by Crippen LogP contribution is -2.31. The van der Waals surface area contributed by atoms with Crippen molar-refractivity contribution in [1.82, 2.24) is 9.88 Å². The number of pyridine rings is 1. The third-order valence-corrected chi connectivity index (χ3v) is 3.28. The summed E-state index contributed by atoms with van der Waals surface area (Å²) in [6, 6.07) is 3.44. The van der Waals surface area contributed by atoms with Gasteiger partial charge in [0.15, 0.2) is 0 Å². The molecule has 1 heterocycles. The van der Waals surface area contributed by atoms with Crippen LogP contribution in [0.25, 0.3) is 0 Å². The summed E-state index contributed by atoms with van der Waals surface area (Å²) in [5, 5.41) is 8.75. The van der Waals surface area contributed by atoms with E-state index in [0.29, 0.717) is 24.4 Å². The molecule has 1 aromatic heterocycles. The van der Waals surface area contributed by atoms with Gasteiger partial charge in [-0.05, 0) is 30.9 Å². The summed E-state index contributed by atoms with van der Waals surface area (Å²) in [4.78, 5) is 18.0. The van der Waals surface area contributed by atoms with Crippen LogP contribution < -0.4 is 0 Å². The van der Waals surface area contributed by atoms with Crippen molar-refractivity contribution in [2.24, 2.45) is 5.92 Å². The number of hydrogen-bond acceptors (Lipinski definition) is 4. The molecule has 0 aliphatic heterocycles. The first-order valence-electron chi connectivity index (χ1n) is 7.10. The molecule has 5 heteroatoms. The van der Waals surface area contributed by atoms with Gasteiger partial charge < -0.3 is 14.7 Å². The first kappa shape index (κ1) is 15.5. The minimum atomic E-state index is -0.243. The number of hydrogen-bond donors (Lipinski definition) is 1.